The van der Waals surface area contributed by atoms with Gasteiger partial charge in [0, 0.05) is 12.8 Å². The molecule has 0 radical (unpaired) electrons. The van der Waals surface area contributed by atoms with Crippen LogP contribution in [0.15, 0.2) is 12.2 Å². The quantitative estimate of drug-likeness (QED) is 0.0322. The number of carbonyl (C=O) groups is 2. The monoisotopic (exact) mass is 848 g/mol. The summed E-state index contributed by atoms with van der Waals surface area (Å²) in [6.45, 7) is 4.89. The van der Waals surface area contributed by atoms with E-state index in [2.05, 4.69) is 19.2 Å². The fraction of sp³-hybridized carbons (Fsp3) is 0.926. The Balaban J connectivity index is 3.39. The molecule has 6 nitrogen and oxygen atoms in total. The zero-order valence-electron chi connectivity index (χ0n) is 40.5. The SMILES string of the molecule is CCCCCCCCCCC/C=C/C(O)C(CO)NC(=O)CCCCCCCCCCCCCCCCCCCCCCCOC(=O)CCCCCCCCCCCCC. The summed E-state index contributed by atoms with van der Waals surface area (Å²) in [5.41, 5.74) is 0. The topological polar surface area (TPSA) is 95.9 Å². The molecule has 0 saturated carbocycles. The smallest absolute Gasteiger partial charge is 0.305 e. The maximum atomic E-state index is 12.4. The first kappa shape index (κ1) is 58.6. The van der Waals surface area contributed by atoms with Crippen molar-refractivity contribution >= 4 is 11.9 Å². The molecular weight excluding hydrogens is 743 g/mol. The Morgan fingerprint density at radius 3 is 1.13 bits per heavy atom. The van der Waals surface area contributed by atoms with Crippen molar-refractivity contribution < 1.29 is 24.5 Å². The molecule has 0 aromatic rings. The molecule has 2 unspecified atom stereocenters. The number of nitrogens with one attached hydrogen (secondary N) is 1. The first-order chi connectivity index (χ1) is 29.5. The van der Waals surface area contributed by atoms with Crippen molar-refractivity contribution in [3.63, 3.8) is 0 Å². The van der Waals surface area contributed by atoms with E-state index in [1.165, 1.54) is 231 Å². The summed E-state index contributed by atoms with van der Waals surface area (Å²) in [6.07, 6.45) is 58.0. The van der Waals surface area contributed by atoms with Crippen LogP contribution in [0.4, 0.5) is 0 Å². The van der Waals surface area contributed by atoms with Gasteiger partial charge in [0.2, 0.25) is 5.91 Å². The van der Waals surface area contributed by atoms with E-state index < -0.39 is 12.1 Å². The van der Waals surface area contributed by atoms with Gasteiger partial charge in [-0.2, -0.15) is 0 Å². The largest absolute Gasteiger partial charge is 0.466 e. The molecule has 0 aliphatic heterocycles. The lowest BCUT2D eigenvalue weighted by molar-refractivity contribution is -0.143. The average molecular weight is 848 g/mol. The predicted molar refractivity (Wildman–Crippen MR) is 260 cm³/mol. The molecule has 2 atom stereocenters. The number of ether oxygens (including phenoxy) is 1. The van der Waals surface area contributed by atoms with Crippen LogP contribution in [0.1, 0.15) is 296 Å². The van der Waals surface area contributed by atoms with Crippen molar-refractivity contribution in [3.8, 4) is 0 Å². The van der Waals surface area contributed by atoms with Gasteiger partial charge in [0.05, 0.1) is 25.4 Å². The second-order valence-corrected chi connectivity index (χ2v) is 18.6. The molecule has 0 aromatic heterocycles. The standard InChI is InChI=1S/C54H105NO5/c1-3-5-7-9-11-13-26-30-34-38-42-46-52(57)51(50-56)55-53(58)47-43-39-35-31-28-24-22-20-18-16-15-17-19-21-23-25-29-33-37-41-45-49-60-54(59)48-44-40-36-32-27-14-12-10-8-6-4-2/h42,46,51-52,56-57H,3-41,43-45,47-50H2,1-2H3,(H,55,58)/b46-42+. The van der Waals surface area contributed by atoms with Gasteiger partial charge in [-0.25, -0.2) is 0 Å². The summed E-state index contributed by atoms with van der Waals surface area (Å²) < 4.78 is 5.46. The number of esters is 1. The molecule has 6 heteroatoms. The van der Waals surface area contributed by atoms with Gasteiger partial charge in [0.25, 0.3) is 0 Å². The van der Waals surface area contributed by atoms with Crippen molar-refractivity contribution in [1.29, 1.82) is 0 Å². The third-order valence-corrected chi connectivity index (χ3v) is 12.6. The predicted octanol–water partition coefficient (Wildman–Crippen LogP) is 16.1. The van der Waals surface area contributed by atoms with Gasteiger partial charge in [-0.1, -0.05) is 264 Å². The van der Waals surface area contributed by atoms with Crippen LogP contribution >= 0.6 is 0 Å². The fourth-order valence-corrected chi connectivity index (χ4v) is 8.40. The van der Waals surface area contributed by atoms with Crippen molar-refractivity contribution in [1.82, 2.24) is 5.32 Å². The Kier molecular flexibility index (Phi) is 49.1. The molecule has 0 aromatic carbocycles. The summed E-state index contributed by atoms with van der Waals surface area (Å²) >= 11 is 0. The normalized spacial score (nSPS) is 12.7. The molecule has 0 spiro atoms. The maximum absolute atomic E-state index is 12.4. The highest BCUT2D eigenvalue weighted by Crippen LogP contribution is 2.17. The molecule has 0 fully saturated rings. The Morgan fingerprint density at radius 1 is 0.450 bits per heavy atom. The number of hydrogen-bond donors (Lipinski definition) is 3. The maximum Gasteiger partial charge on any atom is 0.305 e. The van der Waals surface area contributed by atoms with Crippen LogP contribution in [0, 0.1) is 0 Å². The highest BCUT2D eigenvalue weighted by Gasteiger charge is 2.18. The van der Waals surface area contributed by atoms with Crippen LogP contribution in [-0.4, -0.2) is 47.4 Å². The number of rotatable bonds is 50. The molecule has 0 aliphatic carbocycles. The molecule has 0 bridgehead atoms. The van der Waals surface area contributed by atoms with E-state index in [-0.39, 0.29) is 18.5 Å². The highest BCUT2D eigenvalue weighted by molar-refractivity contribution is 5.76. The lowest BCUT2D eigenvalue weighted by atomic mass is 10.0. The second kappa shape index (κ2) is 50.2. The van der Waals surface area contributed by atoms with Gasteiger partial charge in [0.1, 0.15) is 0 Å². The van der Waals surface area contributed by atoms with E-state index in [1.54, 1.807) is 6.08 Å². The number of aliphatic hydroxyl groups excluding tert-OH is 2. The minimum atomic E-state index is -0.842. The summed E-state index contributed by atoms with van der Waals surface area (Å²) in [7, 11) is 0. The number of hydrogen-bond acceptors (Lipinski definition) is 5. The zero-order chi connectivity index (χ0) is 43.7. The van der Waals surface area contributed by atoms with Gasteiger partial charge in [-0.05, 0) is 32.1 Å². The molecule has 0 heterocycles. The average Bonchev–Trinajstić information content (AvgIpc) is 3.25. The molecule has 0 saturated heterocycles. The van der Waals surface area contributed by atoms with Crippen molar-refractivity contribution in [3.05, 3.63) is 12.2 Å². The van der Waals surface area contributed by atoms with Gasteiger partial charge >= 0.3 is 5.97 Å². The number of unbranched alkanes of at least 4 members (excludes halogenated alkanes) is 39. The van der Waals surface area contributed by atoms with Gasteiger partial charge in [-0.3, -0.25) is 9.59 Å². The number of aliphatic hydroxyl groups is 2. The van der Waals surface area contributed by atoms with E-state index in [1.807, 2.05) is 6.08 Å². The molecule has 3 N–H and O–H groups in total. The van der Waals surface area contributed by atoms with Gasteiger partial charge < -0.3 is 20.3 Å². The van der Waals surface area contributed by atoms with Crippen LogP contribution < -0.4 is 5.32 Å². The lowest BCUT2D eigenvalue weighted by Crippen LogP contribution is -2.45. The van der Waals surface area contributed by atoms with Crippen molar-refractivity contribution in [2.45, 2.75) is 309 Å². The Hall–Kier alpha value is -1.40. The van der Waals surface area contributed by atoms with E-state index in [9.17, 15) is 19.8 Å². The fourth-order valence-electron chi connectivity index (χ4n) is 8.40. The van der Waals surface area contributed by atoms with Crippen molar-refractivity contribution in [2.24, 2.45) is 0 Å². The van der Waals surface area contributed by atoms with Gasteiger partial charge in [-0.15, -0.1) is 0 Å². The number of carbonyl (C=O) groups excluding carboxylic acids is 2. The Labute approximate surface area is 374 Å². The van der Waals surface area contributed by atoms with Gasteiger partial charge in [0.15, 0.2) is 0 Å². The third-order valence-electron chi connectivity index (χ3n) is 12.6. The van der Waals surface area contributed by atoms with E-state index in [0.29, 0.717) is 19.4 Å². The third kappa shape index (κ3) is 46.1. The lowest BCUT2D eigenvalue weighted by Gasteiger charge is -2.20. The summed E-state index contributed by atoms with van der Waals surface area (Å²) in [5.74, 6) is -0.0584. The second-order valence-electron chi connectivity index (χ2n) is 18.6. The molecule has 356 valence electrons. The first-order valence-electron chi connectivity index (χ1n) is 27.0. The van der Waals surface area contributed by atoms with Crippen molar-refractivity contribution in [2.75, 3.05) is 13.2 Å². The molecule has 0 rings (SSSR count). The molecular formula is C54H105NO5. The van der Waals surface area contributed by atoms with Crippen LogP contribution in [0.25, 0.3) is 0 Å². The minimum absolute atomic E-state index is 0.0110. The van der Waals surface area contributed by atoms with Crippen LogP contribution in [0.3, 0.4) is 0 Å². The first-order valence-corrected chi connectivity index (χ1v) is 27.0. The minimum Gasteiger partial charge on any atom is -0.466 e. The number of allylic oxidation sites excluding steroid dienone is 1. The van der Waals surface area contributed by atoms with Crippen LogP contribution in [0.2, 0.25) is 0 Å². The molecule has 1 amide bonds. The van der Waals surface area contributed by atoms with E-state index in [4.69, 9.17) is 4.74 Å². The van der Waals surface area contributed by atoms with E-state index >= 15 is 0 Å². The summed E-state index contributed by atoms with van der Waals surface area (Å²) in [5, 5.41) is 23.0. The Morgan fingerprint density at radius 2 is 0.767 bits per heavy atom. The summed E-state index contributed by atoms with van der Waals surface area (Å²) in [4.78, 5) is 24.4. The summed E-state index contributed by atoms with van der Waals surface area (Å²) in [6, 6.07) is -0.626. The molecule has 60 heavy (non-hydrogen) atoms. The zero-order valence-corrected chi connectivity index (χ0v) is 40.5. The van der Waals surface area contributed by atoms with Crippen LogP contribution in [0.5, 0.6) is 0 Å². The molecule has 0 aliphatic rings. The Bertz CT molecular complexity index is 893. The van der Waals surface area contributed by atoms with Crippen LogP contribution in [-0.2, 0) is 14.3 Å². The highest BCUT2D eigenvalue weighted by atomic mass is 16.5. The number of amides is 1. The van der Waals surface area contributed by atoms with E-state index in [0.717, 1.165) is 38.5 Å².